The Morgan fingerprint density at radius 1 is 1.00 bits per heavy atom. The Morgan fingerprint density at radius 3 is 2.43 bits per heavy atom. The summed E-state index contributed by atoms with van der Waals surface area (Å²) in [6, 6.07) is 15.3. The number of aromatic amines is 1. The van der Waals surface area contributed by atoms with Crippen molar-refractivity contribution in [2.75, 3.05) is 5.32 Å². The summed E-state index contributed by atoms with van der Waals surface area (Å²) in [6.45, 7) is 0. The zero-order valence-electron chi connectivity index (χ0n) is 15.9. The van der Waals surface area contributed by atoms with Gasteiger partial charge in [0.1, 0.15) is 5.82 Å². The lowest BCUT2D eigenvalue weighted by atomic mass is 9.77. The number of nitrogens with zero attached hydrogens (tertiary/aromatic N) is 2. The number of aromatic nitrogens is 2. The van der Waals surface area contributed by atoms with Crippen LogP contribution < -0.4 is 10.9 Å². The van der Waals surface area contributed by atoms with Crippen molar-refractivity contribution in [2.45, 2.75) is 25.2 Å². The molecule has 0 amide bonds. The summed E-state index contributed by atoms with van der Waals surface area (Å²) in [6.07, 6.45) is 1.88. The molecule has 5 rings (SSSR count). The average molecular weight is 402 g/mol. The van der Waals surface area contributed by atoms with Gasteiger partial charge in [-0.2, -0.15) is 0 Å². The minimum absolute atomic E-state index is 0.00427. The van der Waals surface area contributed by atoms with Crippen LogP contribution in [0.2, 0.25) is 0 Å². The zero-order valence-corrected chi connectivity index (χ0v) is 15.9. The number of H-pyrrole nitrogens is 1. The Balaban J connectivity index is 1.72. The maximum atomic E-state index is 13.4. The fraction of sp³-hybridized carbons (Fsp3) is 0.182. The number of para-hydroxylation sites is 1. The van der Waals surface area contributed by atoms with Crippen LogP contribution in [0.3, 0.4) is 0 Å². The van der Waals surface area contributed by atoms with E-state index in [0.29, 0.717) is 41.0 Å². The molecule has 1 unspecified atom stereocenters. The van der Waals surface area contributed by atoms with Crippen molar-refractivity contribution in [3.05, 3.63) is 97.5 Å². The first-order chi connectivity index (χ1) is 14.5. The highest BCUT2D eigenvalue weighted by Crippen LogP contribution is 2.43. The van der Waals surface area contributed by atoms with Gasteiger partial charge in [-0.25, -0.2) is 4.68 Å². The van der Waals surface area contributed by atoms with Crippen LogP contribution in [0.5, 0.6) is 0 Å². The maximum absolute atomic E-state index is 13.4. The van der Waals surface area contributed by atoms with Crippen LogP contribution in [-0.4, -0.2) is 20.5 Å². The minimum atomic E-state index is -0.571. The molecule has 8 heteroatoms. The number of nitro groups is 1. The summed E-state index contributed by atoms with van der Waals surface area (Å²) >= 11 is 0. The average Bonchev–Trinajstić information content (AvgIpc) is 3.09. The number of hydrogen-bond acceptors (Lipinski definition) is 5. The van der Waals surface area contributed by atoms with Crippen LogP contribution in [0.15, 0.2) is 70.7 Å². The molecule has 150 valence electrons. The SMILES string of the molecule is O=C1CCCC2=C1C(c1ccc([N+](=O)[O-])cc1)c1c([nH]n(-c3ccccc3)c1=O)N2. The van der Waals surface area contributed by atoms with Crippen LogP contribution in [0.1, 0.15) is 36.3 Å². The third-order valence-corrected chi connectivity index (χ3v) is 5.69. The molecule has 1 aliphatic heterocycles. The highest BCUT2D eigenvalue weighted by atomic mass is 16.6. The monoisotopic (exact) mass is 402 g/mol. The molecule has 1 aromatic heterocycles. The molecule has 0 bridgehead atoms. The predicted molar refractivity (Wildman–Crippen MR) is 111 cm³/mol. The van der Waals surface area contributed by atoms with Gasteiger partial charge < -0.3 is 5.32 Å². The molecule has 2 aliphatic rings. The third-order valence-electron chi connectivity index (χ3n) is 5.69. The van der Waals surface area contributed by atoms with Crippen molar-refractivity contribution >= 4 is 17.3 Å². The number of non-ortho nitro benzene ring substituents is 1. The summed E-state index contributed by atoms with van der Waals surface area (Å²) in [5.74, 6) is -0.0103. The molecule has 0 spiro atoms. The smallest absolute Gasteiger partial charge is 0.277 e. The van der Waals surface area contributed by atoms with Crippen molar-refractivity contribution in [2.24, 2.45) is 0 Å². The summed E-state index contributed by atoms with van der Waals surface area (Å²) in [4.78, 5) is 36.9. The minimum Gasteiger partial charge on any atom is -0.343 e. The first-order valence-corrected chi connectivity index (χ1v) is 9.72. The first-order valence-electron chi connectivity index (χ1n) is 9.72. The van der Waals surface area contributed by atoms with Crippen molar-refractivity contribution in [1.82, 2.24) is 9.78 Å². The third kappa shape index (κ3) is 2.76. The van der Waals surface area contributed by atoms with Gasteiger partial charge in [0.2, 0.25) is 0 Å². The van der Waals surface area contributed by atoms with Crippen LogP contribution in [0.4, 0.5) is 11.5 Å². The van der Waals surface area contributed by atoms with E-state index in [0.717, 1.165) is 12.1 Å². The summed E-state index contributed by atoms with van der Waals surface area (Å²) in [5.41, 5.74) is 2.92. The Morgan fingerprint density at radius 2 is 1.73 bits per heavy atom. The van der Waals surface area contributed by atoms with E-state index in [9.17, 15) is 19.7 Å². The van der Waals surface area contributed by atoms with Crippen molar-refractivity contribution in [1.29, 1.82) is 0 Å². The molecule has 2 N–H and O–H groups in total. The van der Waals surface area contributed by atoms with Crippen LogP contribution in [0.25, 0.3) is 5.69 Å². The lowest BCUT2D eigenvalue weighted by Crippen LogP contribution is -2.29. The number of nitrogens with one attached hydrogen (secondary N) is 2. The van der Waals surface area contributed by atoms with Gasteiger partial charge in [-0.3, -0.25) is 24.8 Å². The van der Waals surface area contributed by atoms with Crippen molar-refractivity contribution in [3.8, 4) is 5.69 Å². The number of anilines is 1. The standard InChI is InChI=1S/C22H18N4O4/c27-17-8-4-7-16-19(17)18(13-9-11-15(12-10-13)26(29)30)20-21(23-16)24-25(22(20)28)14-5-2-1-3-6-14/h1-3,5-6,9-12,18,23-24H,4,7-8H2. The first kappa shape index (κ1) is 18.1. The molecule has 8 nitrogen and oxygen atoms in total. The van der Waals surface area contributed by atoms with Crippen molar-refractivity contribution < 1.29 is 9.72 Å². The van der Waals surface area contributed by atoms with E-state index in [1.165, 1.54) is 16.8 Å². The van der Waals surface area contributed by atoms with E-state index >= 15 is 0 Å². The molecule has 0 fully saturated rings. The van der Waals surface area contributed by atoms with Gasteiger partial charge in [-0.05, 0) is 30.5 Å². The van der Waals surface area contributed by atoms with Gasteiger partial charge in [0.15, 0.2) is 5.78 Å². The van der Waals surface area contributed by atoms with Crippen LogP contribution in [-0.2, 0) is 4.79 Å². The number of nitro benzene ring substituents is 1. The molecule has 0 saturated carbocycles. The number of ketones is 1. The number of rotatable bonds is 3. The summed E-state index contributed by atoms with van der Waals surface area (Å²) in [5, 5.41) is 17.5. The van der Waals surface area contributed by atoms with E-state index in [-0.39, 0.29) is 17.0 Å². The van der Waals surface area contributed by atoms with E-state index in [2.05, 4.69) is 10.4 Å². The molecular formula is C22H18N4O4. The quantitative estimate of drug-likeness (QED) is 0.513. The highest BCUT2D eigenvalue weighted by Gasteiger charge is 2.38. The topological polar surface area (TPSA) is 110 Å². The van der Waals surface area contributed by atoms with E-state index in [4.69, 9.17) is 0 Å². The normalized spacial score (nSPS) is 17.9. The predicted octanol–water partition coefficient (Wildman–Crippen LogP) is 3.64. The lowest BCUT2D eigenvalue weighted by molar-refractivity contribution is -0.384. The number of carbonyl (C=O) groups excluding carboxylic acids is 1. The number of benzene rings is 2. The van der Waals surface area contributed by atoms with Gasteiger partial charge in [0.05, 0.1) is 16.2 Å². The van der Waals surface area contributed by atoms with E-state index in [1.54, 1.807) is 12.1 Å². The molecular weight excluding hydrogens is 384 g/mol. The second-order valence-corrected chi connectivity index (χ2v) is 7.45. The van der Waals surface area contributed by atoms with Gasteiger partial charge in [-0.15, -0.1) is 0 Å². The maximum Gasteiger partial charge on any atom is 0.277 e. The van der Waals surface area contributed by atoms with Gasteiger partial charge >= 0.3 is 0 Å². The molecule has 1 aliphatic carbocycles. The molecule has 0 saturated heterocycles. The number of allylic oxidation sites excluding steroid dienone is 2. The molecule has 30 heavy (non-hydrogen) atoms. The Bertz CT molecular complexity index is 1250. The second-order valence-electron chi connectivity index (χ2n) is 7.45. The van der Waals surface area contributed by atoms with E-state index < -0.39 is 10.8 Å². The molecule has 1 atom stereocenters. The lowest BCUT2D eigenvalue weighted by Gasteiger charge is -2.31. The largest absolute Gasteiger partial charge is 0.343 e. The molecule has 0 radical (unpaired) electrons. The fourth-order valence-corrected chi connectivity index (χ4v) is 4.32. The Kier molecular flexibility index (Phi) is 4.13. The zero-order chi connectivity index (χ0) is 20.8. The molecule has 2 aromatic carbocycles. The van der Waals surface area contributed by atoms with Crippen LogP contribution >= 0.6 is 0 Å². The highest BCUT2D eigenvalue weighted by molar-refractivity contribution is 6.00. The van der Waals surface area contributed by atoms with Crippen LogP contribution in [0, 0.1) is 10.1 Å². The van der Waals surface area contributed by atoms with Gasteiger partial charge in [0.25, 0.3) is 11.2 Å². The van der Waals surface area contributed by atoms with Crippen molar-refractivity contribution in [3.63, 3.8) is 0 Å². The van der Waals surface area contributed by atoms with Gasteiger partial charge in [0, 0.05) is 35.7 Å². The fourth-order valence-electron chi connectivity index (χ4n) is 4.32. The Hall–Kier alpha value is -3.94. The number of Topliss-reactive ketones (excluding diaryl/α,β-unsaturated/α-hetero) is 1. The summed E-state index contributed by atoms with van der Waals surface area (Å²) < 4.78 is 1.46. The second kappa shape index (κ2) is 6.84. The Labute approximate surface area is 171 Å². The summed E-state index contributed by atoms with van der Waals surface area (Å²) in [7, 11) is 0. The number of carbonyl (C=O) groups is 1. The number of fused-ring (bicyclic) bond motifs is 1. The number of hydrogen-bond donors (Lipinski definition) is 2. The van der Waals surface area contributed by atoms with Gasteiger partial charge in [-0.1, -0.05) is 30.3 Å². The van der Waals surface area contributed by atoms with E-state index in [1.807, 2.05) is 30.3 Å². The molecule has 3 aromatic rings. The molecule has 2 heterocycles.